The predicted molar refractivity (Wildman–Crippen MR) is 63.8 cm³/mol. The summed E-state index contributed by atoms with van der Waals surface area (Å²) < 4.78 is 6.25. The molecule has 1 aromatic heterocycles. The van der Waals surface area contributed by atoms with E-state index in [-0.39, 0.29) is 6.04 Å². The van der Waals surface area contributed by atoms with Crippen LogP contribution in [0.25, 0.3) is 0 Å². The highest BCUT2D eigenvalue weighted by atomic mass is 16.5. The van der Waals surface area contributed by atoms with E-state index in [1.807, 2.05) is 7.05 Å². The Hall–Kier alpha value is -1.92. The van der Waals surface area contributed by atoms with Gasteiger partial charge in [-0.15, -0.1) is 0 Å². The largest absolute Gasteiger partial charge is 0.453 e. The first-order valence-electron chi connectivity index (χ1n) is 5.48. The van der Waals surface area contributed by atoms with Crippen molar-refractivity contribution in [3.05, 3.63) is 6.20 Å². The van der Waals surface area contributed by atoms with Gasteiger partial charge in [0, 0.05) is 26.3 Å². The van der Waals surface area contributed by atoms with E-state index in [1.54, 1.807) is 10.9 Å². The minimum absolute atomic E-state index is 0.0869. The number of aromatic nitrogens is 2. The van der Waals surface area contributed by atoms with Gasteiger partial charge in [0.2, 0.25) is 0 Å². The van der Waals surface area contributed by atoms with Crippen LogP contribution < -0.4 is 16.0 Å². The Morgan fingerprint density at radius 1 is 1.71 bits per heavy atom. The topological polar surface area (TPSA) is 85.4 Å². The molecule has 0 radical (unpaired) electrons. The fraction of sp³-hybridized carbons (Fsp3) is 0.600. The van der Waals surface area contributed by atoms with Crippen molar-refractivity contribution in [3.8, 4) is 0 Å². The highest BCUT2D eigenvalue weighted by Crippen LogP contribution is 2.24. The van der Waals surface area contributed by atoms with Gasteiger partial charge in [-0.1, -0.05) is 0 Å². The molecule has 0 aromatic carbocycles. The van der Waals surface area contributed by atoms with Crippen molar-refractivity contribution in [2.75, 3.05) is 30.8 Å². The van der Waals surface area contributed by atoms with Gasteiger partial charge in [-0.2, -0.15) is 5.10 Å². The molecule has 17 heavy (non-hydrogen) atoms. The number of carbonyl (C=O) groups excluding carboxylic acids is 1. The van der Waals surface area contributed by atoms with E-state index >= 15 is 0 Å². The molecule has 2 heterocycles. The smallest absolute Gasteiger partial charge is 0.407 e. The molecule has 1 atom stereocenters. The summed E-state index contributed by atoms with van der Waals surface area (Å²) in [7, 11) is 3.19. The summed E-state index contributed by atoms with van der Waals surface area (Å²) >= 11 is 0. The second-order valence-corrected chi connectivity index (χ2v) is 4.15. The third-order valence-electron chi connectivity index (χ3n) is 2.83. The Morgan fingerprint density at radius 3 is 3.06 bits per heavy atom. The molecule has 1 unspecified atom stereocenters. The summed E-state index contributed by atoms with van der Waals surface area (Å²) in [4.78, 5) is 13.2. The van der Waals surface area contributed by atoms with Crippen LogP contribution in [0, 0.1) is 0 Å². The van der Waals surface area contributed by atoms with Crippen molar-refractivity contribution >= 4 is 17.6 Å². The minimum Gasteiger partial charge on any atom is -0.453 e. The summed E-state index contributed by atoms with van der Waals surface area (Å²) in [5.74, 6) is 0.779. The molecule has 1 aliphatic rings. The molecule has 1 aliphatic heterocycles. The zero-order valence-corrected chi connectivity index (χ0v) is 10.0. The molecule has 1 saturated heterocycles. The van der Waals surface area contributed by atoms with Crippen molar-refractivity contribution in [1.82, 2.24) is 15.1 Å². The first kappa shape index (κ1) is 11.6. The average molecular weight is 239 g/mol. The lowest BCUT2D eigenvalue weighted by molar-refractivity contribution is 0.167. The SMILES string of the molecule is COC(=O)NC1CCN(c2nn(C)cc2N)C1. The van der Waals surface area contributed by atoms with Crippen molar-refractivity contribution < 1.29 is 9.53 Å². The molecule has 7 nitrogen and oxygen atoms in total. The molecule has 2 rings (SSSR count). The summed E-state index contributed by atoms with van der Waals surface area (Å²) in [6, 6.07) is 0.0869. The van der Waals surface area contributed by atoms with Crippen molar-refractivity contribution in [2.45, 2.75) is 12.5 Å². The van der Waals surface area contributed by atoms with Gasteiger partial charge in [-0.25, -0.2) is 4.79 Å². The summed E-state index contributed by atoms with van der Waals surface area (Å²) in [5, 5.41) is 7.08. The zero-order valence-electron chi connectivity index (χ0n) is 10.0. The third-order valence-corrected chi connectivity index (χ3v) is 2.83. The standard InChI is InChI=1S/C10H17N5O2/c1-14-6-8(11)9(13-14)15-4-3-7(5-15)12-10(16)17-2/h6-7H,3-5,11H2,1-2H3,(H,12,16). The number of anilines is 2. The zero-order chi connectivity index (χ0) is 12.4. The number of nitrogens with one attached hydrogen (secondary N) is 1. The monoisotopic (exact) mass is 239 g/mol. The van der Waals surface area contributed by atoms with Crippen LogP contribution in [0.15, 0.2) is 6.20 Å². The average Bonchev–Trinajstić information content (AvgIpc) is 2.85. The number of nitrogens with zero attached hydrogens (tertiary/aromatic N) is 3. The van der Waals surface area contributed by atoms with Gasteiger partial charge in [0.25, 0.3) is 0 Å². The van der Waals surface area contributed by atoms with Crippen LogP contribution in [0.2, 0.25) is 0 Å². The number of amides is 1. The lowest BCUT2D eigenvalue weighted by Gasteiger charge is -2.16. The Balaban J connectivity index is 1.98. The minimum atomic E-state index is -0.397. The van der Waals surface area contributed by atoms with Gasteiger partial charge < -0.3 is 20.7 Å². The van der Waals surface area contributed by atoms with E-state index in [2.05, 4.69) is 20.1 Å². The normalized spacial score (nSPS) is 19.4. The molecule has 1 amide bonds. The van der Waals surface area contributed by atoms with Crippen LogP contribution in [0.5, 0.6) is 0 Å². The number of aryl methyl sites for hydroxylation is 1. The van der Waals surface area contributed by atoms with E-state index in [4.69, 9.17) is 5.73 Å². The van der Waals surface area contributed by atoms with Gasteiger partial charge in [-0.3, -0.25) is 4.68 Å². The molecule has 0 saturated carbocycles. The second-order valence-electron chi connectivity index (χ2n) is 4.15. The molecular formula is C10H17N5O2. The van der Waals surface area contributed by atoms with Gasteiger partial charge in [0.1, 0.15) is 0 Å². The summed E-state index contributed by atoms with van der Waals surface area (Å²) in [6.45, 7) is 1.53. The number of nitrogen functional groups attached to an aromatic ring is 1. The van der Waals surface area contributed by atoms with Crippen molar-refractivity contribution in [3.63, 3.8) is 0 Å². The number of rotatable bonds is 2. The van der Waals surface area contributed by atoms with E-state index in [1.165, 1.54) is 7.11 Å². The van der Waals surface area contributed by atoms with E-state index in [9.17, 15) is 4.79 Å². The molecule has 0 aliphatic carbocycles. The van der Waals surface area contributed by atoms with E-state index in [0.29, 0.717) is 12.2 Å². The first-order chi connectivity index (χ1) is 8.10. The fourth-order valence-corrected chi connectivity index (χ4v) is 2.04. The molecule has 1 aromatic rings. The number of hydrogen-bond donors (Lipinski definition) is 2. The molecule has 0 bridgehead atoms. The Morgan fingerprint density at radius 2 is 2.47 bits per heavy atom. The number of hydrogen-bond acceptors (Lipinski definition) is 5. The van der Waals surface area contributed by atoms with Crippen LogP contribution in [0.3, 0.4) is 0 Å². The summed E-state index contributed by atoms with van der Waals surface area (Å²) in [6.07, 6.45) is 2.24. The quantitative estimate of drug-likeness (QED) is 0.755. The molecule has 3 N–H and O–H groups in total. The molecule has 0 spiro atoms. The van der Waals surface area contributed by atoms with Crippen LogP contribution >= 0.6 is 0 Å². The van der Waals surface area contributed by atoms with Crippen molar-refractivity contribution in [2.24, 2.45) is 7.05 Å². The van der Waals surface area contributed by atoms with E-state index in [0.717, 1.165) is 18.8 Å². The highest BCUT2D eigenvalue weighted by molar-refractivity contribution is 5.68. The van der Waals surface area contributed by atoms with Gasteiger partial charge in [0.05, 0.1) is 18.8 Å². The number of ether oxygens (including phenoxy) is 1. The number of methoxy groups -OCH3 is 1. The molecule has 1 fully saturated rings. The molecule has 7 heteroatoms. The van der Waals surface area contributed by atoms with Gasteiger partial charge >= 0.3 is 6.09 Å². The molecular weight excluding hydrogens is 222 g/mol. The third kappa shape index (κ3) is 2.43. The predicted octanol–water partition coefficient (Wildman–Crippen LogP) is -0.0630. The molecule has 94 valence electrons. The van der Waals surface area contributed by atoms with Crippen molar-refractivity contribution in [1.29, 1.82) is 0 Å². The number of nitrogens with two attached hydrogens (primary N) is 1. The number of carbonyl (C=O) groups is 1. The summed E-state index contributed by atoms with van der Waals surface area (Å²) in [5.41, 5.74) is 6.52. The van der Waals surface area contributed by atoms with Crippen LogP contribution in [-0.2, 0) is 11.8 Å². The number of alkyl carbamates (subject to hydrolysis) is 1. The Labute approximate surface area is 99.5 Å². The Kier molecular flexibility index (Phi) is 3.08. The first-order valence-corrected chi connectivity index (χ1v) is 5.48. The van der Waals surface area contributed by atoms with Crippen LogP contribution in [0.1, 0.15) is 6.42 Å². The van der Waals surface area contributed by atoms with Gasteiger partial charge in [0.15, 0.2) is 5.82 Å². The lowest BCUT2D eigenvalue weighted by atomic mass is 10.3. The second kappa shape index (κ2) is 4.52. The maximum atomic E-state index is 11.1. The fourth-order valence-electron chi connectivity index (χ4n) is 2.04. The highest BCUT2D eigenvalue weighted by Gasteiger charge is 2.26. The van der Waals surface area contributed by atoms with Gasteiger partial charge in [-0.05, 0) is 6.42 Å². The van der Waals surface area contributed by atoms with Crippen LogP contribution in [-0.4, -0.2) is 42.1 Å². The maximum absolute atomic E-state index is 11.1. The maximum Gasteiger partial charge on any atom is 0.407 e. The van der Waals surface area contributed by atoms with Crippen LogP contribution in [0.4, 0.5) is 16.3 Å². The van der Waals surface area contributed by atoms with E-state index < -0.39 is 6.09 Å². The Bertz CT molecular complexity index is 417. The lowest BCUT2D eigenvalue weighted by Crippen LogP contribution is -2.37.